The van der Waals surface area contributed by atoms with E-state index in [9.17, 15) is 8.42 Å². The highest BCUT2D eigenvalue weighted by Crippen LogP contribution is 2.31. The number of benzene rings is 4. The second-order valence-electron chi connectivity index (χ2n) is 8.93. The summed E-state index contributed by atoms with van der Waals surface area (Å²) >= 11 is 0. The van der Waals surface area contributed by atoms with Crippen molar-refractivity contribution in [1.82, 2.24) is 14.7 Å². The van der Waals surface area contributed by atoms with Gasteiger partial charge in [0.15, 0.2) is 5.82 Å². The maximum atomic E-state index is 12.1. The van der Waals surface area contributed by atoms with Gasteiger partial charge in [0.05, 0.1) is 10.6 Å². The average Bonchev–Trinajstić information content (AvgIpc) is 3.01. The van der Waals surface area contributed by atoms with Crippen molar-refractivity contribution >= 4 is 33.2 Å². The van der Waals surface area contributed by atoms with Gasteiger partial charge >= 0.3 is 0 Å². The van der Waals surface area contributed by atoms with Crippen LogP contribution in [-0.2, 0) is 10.0 Å². The molecule has 3 N–H and O–H groups in total. The Balaban J connectivity index is 1.49. The smallest absolute Gasteiger partial charge is 0.240 e. The summed E-state index contributed by atoms with van der Waals surface area (Å²) in [4.78, 5) is 9.50. The molecule has 0 bridgehead atoms. The summed E-state index contributed by atoms with van der Waals surface area (Å²) in [5, 5.41) is 7.81. The molecule has 0 saturated carbocycles. The summed E-state index contributed by atoms with van der Waals surface area (Å²) in [5.74, 6) is 0.943. The van der Waals surface area contributed by atoms with E-state index in [-0.39, 0.29) is 4.90 Å². The van der Waals surface area contributed by atoms with E-state index >= 15 is 0 Å². The molecule has 0 fully saturated rings. The van der Waals surface area contributed by atoms with Gasteiger partial charge in [-0.15, -0.1) is 0 Å². The second-order valence-corrected chi connectivity index (χ2v) is 10.8. The van der Waals surface area contributed by atoms with Crippen LogP contribution in [0.15, 0.2) is 125 Å². The third kappa shape index (κ3) is 6.23. The van der Waals surface area contributed by atoms with Crippen LogP contribution in [0.3, 0.4) is 0 Å². The van der Waals surface area contributed by atoms with Crippen LogP contribution in [0.4, 0.5) is 17.5 Å². The molecule has 0 aliphatic carbocycles. The molecule has 1 heterocycles. The van der Waals surface area contributed by atoms with Crippen molar-refractivity contribution in [2.45, 2.75) is 11.8 Å². The Morgan fingerprint density at radius 1 is 0.775 bits per heavy atom. The Labute approximate surface area is 233 Å². The molecule has 0 aliphatic heterocycles. The SMILES string of the molecule is CNS(=O)(=O)c1ccc(C(C)=NNc2nc(Nc3ccccc3)ncc2-c2cccc(-c3ccccc3)c2)cc1. The van der Waals surface area contributed by atoms with Crippen molar-refractivity contribution < 1.29 is 8.42 Å². The molecule has 5 rings (SSSR count). The van der Waals surface area contributed by atoms with E-state index in [2.05, 4.69) is 49.8 Å². The van der Waals surface area contributed by atoms with Gasteiger partial charge in [-0.1, -0.05) is 78.9 Å². The van der Waals surface area contributed by atoms with Gasteiger partial charge in [-0.05, 0) is 66.6 Å². The van der Waals surface area contributed by atoms with Crippen LogP contribution < -0.4 is 15.5 Å². The lowest BCUT2D eigenvalue weighted by Crippen LogP contribution is -2.18. The zero-order valence-corrected chi connectivity index (χ0v) is 22.9. The first-order valence-electron chi connectivity index (χ1n) is 12.6. The molecule has 0 saturated heterocycles. The van der Waals surface area contributed by atoms with E-state index < -0.39 is 10.0 Å². The Morgan fingerprint density at radius 3 is 2.12 bits per heavy atom. The largest absolute Gasteiger partial charge is 0.324 e. The lowest BCUT2D eigenvalue weighted by atomic mass is 10.0. The van der Waals surface area contributed by atoms with Gasteiger partial charge in [0.2, 0.25) is 16.0 Å². The molecule has 1 aromatic heterocycles. The highest BCUT2D eigenvalue weighted by molar-refractivity contribution is 7.89. The minimum absolute atomic E-state index is 0.188. The van der Waals surface area contributed by atoms with Crippen LogP contribution in [-0.4, -0.2) is 31.1 Å². The molecule has 200 valence electrons. The lowest BCUT2D eigenvalue weighted by molar-refractivity contribution is 0.588. The first-order chi connectivity index (χ1) is 19.4. The molecule has 0 unspecified atom stereocenters. The van der Waals surface area contributed by atoms with Crippen LogP contribution in [0, 0.1) is 0 Å². The zero-order chi connectivity index (χ0) is 28.0. The van der Waals surface area contributed by atoms with E-state index in [1.807, 2.05) is 67.6 Å². The maximum Gasteiger partial charge on any atom is 0.240 e. The zero-order valence-electron chi connectivity index (χ0n) is 22.0. The van der Waals surface area contributed by atoms with Crippen LogP contribution >= 0.6 is 0 Å². The van der Waals surface area contributed by atoms with E-state index in [1.165, 1.54) is 7.05 Å². The van der Waals surface area contributed by atoms with Crippen molar-refractivity contribution in [3.8, 4) is 22.3 Å². The molecule has 9 heteroatoms. The van der Waals surface area contributed by atoms with E-state index in [0.29, 0.717) is 17.5 Å². The molecule has 0 amide bonds. The lowest BCUT2D eigenvalue weighted by Gasteiger charge is -2.13. The Bertz CT molecular complexity index is 1740. The van der Waals surface area contributed by atoms with Crippen molar-refractivity contribution in [2.24, 2.45) is 5.10 Å². The Morgan fingerprint density at radius 2 is 1.43 bits per heavy atom. The summed E-state index contributed by atoms with van der Waals surface area (Å²) in [5.41, 5.74) is 9.32. The number of nitrogens with one attached hydrogen (secondary N) is 3. The normalized spacial score (nSPS) is 11.7. The summed E-state index contributed by atoms with van der Waals surface area (Å²) in [7, 11) is -2.13. The minimum atomic E-state index is -3.52. The van der Waals surface area contributed by atoms with E-state index in [1.54, 1.807) is 30.5 Å². The number of hydrogen-bond donors (Lipinski definition) is 3. The monoisotopic (exact) mass is 548 g/mol. The highest BCUT2D eigenvalue weighted by atomic mass is 32.2. The predicted octanol–water partition coefficient (Wildman–Crippen LogP) is 6.30. The maximum absolute atomic E-state index is 12.1. The molecule has 0 aliphatic rings. The number of hydrazone groups is 1. The topological polar surface area (TPSA) is 108 Å². The number of hydrogen-bond acceptors (Lipinski definition) is 7. The first kappa shape index (κ1) is 26.7. The molecule has 8 nitrogen and oxygen atoms in total. The molecule has 0 spiro atoms. The van der Waals surface area contributed by atoms with E-state index in [0.717, 1.165) is 33.5 Å². The summed E-state index contributed by atoms with van der Waals surface area (Å²) in [6.45, 7) is 1.84. The van der Waals surface area contributed by atoms with Gasteiger partial charge in [0.25, 0.3) is 0 Å². The summed E-state index contributed by atoms with van der Waals surface area (Å²) in [6, 6.07) is 34.6. The van der Waals surface area contributed by atoms with Crippen LogP contribution in [0.25, 0.3) is 22.3 Å². The van der Waals surface area contributed by atoms with Gasteiger partial charge in [-0.25, -0.2) is 18.1 Å². The van der Waals surface area contributed by atoms with Gasteiger partial charge in [-0.3, -0.25) is 5.43 Å². The number of anilines is 3. The minimum Gasteiger partial charge on any atom is -0.324 e. The van der Waals surface area contributed by atoms with Gasteiger partial charge in [0, 0.05) is 17.4 Å². The average molecular weight is 549 g/mol. The third-order valence-electron chi connectivity index (χ3n) is 6.28. The molecular formula is C31H28N6O2S. The molecule has 40 heavy (non-hydrogen) atoms. The fourth-order valence-electron chi connectivity index (χ4n) is 4.08. The Hall–Kier alpha value is -4.86. The number of sulfonamides is 1. The Kier molecular flexibility index (Phi) is 7.95. The van der Waals surface area contributed by atoms with Crippen LogP contribution in [0.1, 0.15) is 12.5 Å². The molecule has 4 aromatic carbocycles. The quantitative estimate of drug-likeness (QED) is 0.147. The van der Waals surface area contributed by atoms with Crippen molar-refractivity contribution in [3.05, 3.63) is 121 Å². The third-order valence-corrected chi connectivity index (χ3v) is 7.71. The fourth-order valence-corrected chi connectivity index (χ4v) is 4.81. The number of aromatic nitrogens is 2. The summed E-state index contributed by atoms with van der Waals surface area (Å²) in [6.07, 6.45) is 1.77. The number of rotatable bonds is 9. The predicted molar refractivity (Wildman–Crippen MR) is 161 cm³/mol. The second kappa shape index (κ2) is 11.9. The van der Waals surface area contributed by atoms with Gasteiger partial charge < -0.3 is 5.32 Å². The highest BCUT2D eigenvalue weighted by Gasteiger charge is 2.13. The number of para-hydroxylation sites is 1. The standard InChI is InChI=1S/C31H28N6O2S/c1-22(23-16-18-28(19-17-23)40(38,39)32-2)36-37-30-29(21-33-31(35-30)34-27-14-7-4-8-15-27)26-13-9-12-25(20-26)24-10-5-3-6-11-24/h3-21,32H,1-2H3,(H2,33,34,35,37). The molecular weight excluding hydrogens is 520 g/mol. The first-order valence-corrected chi connectivity index (χ1v) is 14.1. The van der Waals surface area contributed by atoms with Crippen molar-refractivity contribution in [1.29, 1.82) is 0 Å². The molecule has 0 atom stereocenters. The van der Waals surface area contributed by atoms with Crippen LogP contribution in [0.2, 0.25) is 0 Å². The van der Waals surface area contributed by atoms with Crippen LogP contribution in [0.5, 0.6) is 0 Å². The van der Waals surface area contributed by atoms with Gasteiger partial charge in [-0.2, -0.15) is 10.1 Å². The van der Waals surface area contributed by atoms with E-state index in [4.69, 9.17) is 4.98 Å². The molecule has 5 aromatic rings. The van der Waals surface area contributed by atoms with Crippen molar-refractivity contribution in [3.63, 3.8) is 0 Å². The summed E-state index contributed by atoms with van der Waals surface area (Å²) < 4.78 is 26.5. The molecule has 0 radical (unpaired) electrons. The fraction of sp³-hybridized carbons (Fsp3) is 0.0645. The van der Waals surface area contributed by atoms with Gasteiger partial charge in [0.1, 0.15) is 0 Å². The number of nitrogens with zero attached hydrogens (tertiary/aromatic N) is 3. The van der Waals surface area contributed by atoms with Crippen molar-refractivity contribution in [2.75, 3.05) is 17.8 Å².